The number of benzene rings is 1. The van der Waals surface area contributed by atoms with Crippen LogP contribution in [0, 0.1) is 6.92 Å². The number of piperazine rings is 1. The number of nitrogens with zero attached hydrogens (tertiary/aromatic N) is 2. The zero-order valence-corrected chi connectivity index (χ0v) is 12.2. The van der Waals surface area contributed by atoms with Crippen LogP contribution in [-0.2, 0) is 16.6 Å². The highest BCUT2D eigenvalue weighted by atomic mass is 32.2. The molecule has 1 aromatic rings. The molecule has 106 valence electrons. The van der Waals surface area contributed by atoms with E-state index in [0.29, 0.717) is 26.2 Å². The Morgan fingerprint density at radius 3 is 2.32 bits per heavy atom. The standard InChI is InChI=1S/C13H20N2O3S/c1-11-9-13(4-3-12(11)10-16)14-5-7-15(8-6-14)19(2,17)18/h3-4,9,16H,5-8,10H2,1-2H3. The minimum Gasteiger partial charge on any atom is -0.392 e. The molecule has 0 amide bonds. The third kappa shape index (κ3) is 3.26. The van der Waals surface area contributed by atoms with Crippen LogP contribution in [0.25, 0.3) is 0 Å². The summed E-state index contributed by atoms with van der Waals surface area (Å²) in [6.45, 7) is 4.48. The average molecular weight is 284 g/mol. The summed E-state index contributed by atoms with van der Waals surface area (Å²) in [6, 6.07) is 5.95. The van der Waals surface area contributed by atoms with Crippen LogP contribution in [0.3, 0.4) is 0 Å². The fraction of sp³-hybridized carbons (Fsp3) is 0.538. The molecule has 0 saturated carbocycles. The Bertz CT molecular complexity index is 549. The van der Waals surface area contributed by atoms with Crippen LogP contribution < -0.4 is 4.90 Å². The van der Waals surface area contributed by atoms with Crippen molar-refractivity contribution in [2.45, 2.75) is 13.5 Å². The van der Waals surface area contributed by atoms with Crippen molar-refractivity contribution in [3.8, 4) is 0 Å². The van der Waals surface area contributed by atoms with Crippen LogP contribution in [0.5, 0.6) is 0 Å². The maximum absolute atomic E-state index is 11.4. The second kappa shape index (κ2) is 5.48. The molecule has 0 aliphatic carbocycles. The van der Waals surface area contributed by atoms with Gasteiger partial charge in [0.05, 0.1) is 12.9 Å². The maximum Gasteiger partial charge on any atom is 0.211 e. The minimum atomic E-state index is -3.08. The van der Waals surface area contributed by atoms with E-state index in [1.165, 1.54) is 10.6 Å². The second-order valence-corrected chi connectivity index (χ2v) is 6.90. The van der Waals surface area contributed by atoms with Crippen LogP contribution in [0.4, 0.5) is 5.69 Å². The van der Waals surface area contributed by atoms with Gasteiger partial charge in [-0.2, -0.15) is 4.31 Å². The number of aliphatic hydroxyl groups is 1. The summed E-state index contributed by atoms with van der Waals surface area (Å²) in [5.41, 5.74) is 3.08. The van der Waals surface area contributed by atoms with E-state index in [9.17, 15) is 8.42 Å². The van der Waals surface area contributed by atoms with E-state index in [0.717, 1.165) is 16.8 Å². The molecule has 0 unspecified atom stereocenters. The Kier molecular flexibility index (Phi) is 4.13. The molecular weight excluding hydrogens is 264 g/mol. The number of hydrogen-bond donors (Lipinski definition) is 1. The van der Waals surface area contributed by atoms with Crippen molar-refractivity contribution in [3.63, 3.8) is 0 Å². The third-order valence-corrected chi connectivity index (χ3v) is 4.87. The van der Waals surface area contributed by atoms with Gasteiger partial charge in [0.25, 0.3) is 0 Å². The molecule has 1 aliphatic rings. The molecule has 6 heteroatoms. The van der Waals surface area contributed by atoms with Gasteiger partial charge < -0.3 is 10.0 Å². The molecule has 5 nitrogen and oxygen atoms in total. The van der Waals surface area contributed by atoms with Crippen LogP contribution >= 0.6 is 0 Å². The lowest BCUT2D eigenvalue weighted by Gasteiger charge is -2.35. The monoisotopic (exact) mass is 284 g/mol. The van der Waals surface area contributed by atoms with Gasteiger partial charge in [0.15, 0.2) is 0 Å². The van der Waals surface area contributed by atoms with Gasteiger partial charge in [-0.05, 0) is 30.2 Å². The summed E-state index contributed by atoms with van der Waals surface area (Å²) in [5, 5.41) is 9.16. The number of hydrogen-bond acceptors (Lipinski definition) is 4. The van der Waals surface area contributed by atoms with Crippen molar-refractivity contribution < 1.29 is 13.5 Å². The molecular formula is C13H20N2O3S. The first kappa shape index (κ1) is 14.3. The Labute approximate surface area is 114 Å². The highest BCUT2D eigenvalue weighted by molar-refractivity contribution is 7.88. The molecule has 19 heavy (non-hydrogen) atoms. The van der Waals surface area contributed by atoms with Crippen molar-refractivity contribution in [1.82, 2.24) is 4.31 Å². The molecule has 0 spiro atoms. The number of aryl methyl sites for hydroxylation is 1. The van der Waals surface area contributed by atoms with Crippen molar-refractivity contribution in [2.75, 3.05) is 37.3 Å². The van der Waals surface area contributed by atoms with Crippen molar-refractivity contribution in [3.05, 3.63) is 29.3 Å². The molecule has 1 heterocycles. The molecule has 1 fully saturated rings. The van der Waals surface area contributed by atoms with Gasteiger partial charge in [0.2, 0.25) is 10.0 Å². The van der Waals surface area contributed by atoms with Crippen LogP contribution in [0.1, 0.15) is 11.1 Å². The van der Waals surface area contributed by atoms with Gasteiger partial charge >= 0.3 is 0 Å². The largest absolute Gasteiger partial charge is 0.392 e. The van der Waals surface area contributed by atoms with E-state index in [1.807, 2.05) is 25.1 Å². The summed E-state index contributed by atoms with van der Waals surface area (Å²) in [5.74, 6) is 0. The molecule has 1 saturated heterocycles. The number of anilines is 1. The fourth-order valence-corrected chi connectivity index (χ4v) is 3.16. The molecule has 0 atom stereocenters. The van der Waals surface area contributed by atoms with E-state index < -0.39 is 10.0 Å². The molecule has 1 aliphatic heterocycles. The lowest BCUT2D eigenvalue weighted by Crippen LogP contribution is -2.48. The molecule has 1 aromatic carbocycles. The van der Waals surface area contributed by atoms with Gasteiger partial charge in [0, 0.05) is 31.9 Å². The molecule has 0 aromatic heterocycles. The highest BCUT2D eigenvalue weighted by Crippen LogP contribution is 2.21. The highest BCUT2D eigenvalue weighted by Gasteiger charge is 2.23. The summed E-state index contributed by atoms with van der Waals surface area (Å²) in [4.78, 5) is 2.18. The quantitative estimate of drug-likeness (QED) is 0.881. The Morgan fingerprint density at radius 2 is 1.84 bits per heavy atom. The SMILES string of the molecule is Cc1cc(N2CCN(S(C)(=O)=O)CC2)ccc1CO. The summed E-state index contributed by atoms with van der Waals surface area (Å²) < 4.78 is 24.4. The van der Waals surface area contributed by atoms with Gasteiger partial charge in [-0.15, -0.1) is 0 Å². The topological polar surface area (TPSA) is 60.9 Å². The average Bonchev–Trinajstić information content (AvgIpc) is 2.38. The second-order valence-electron chi connectivity index (χ2n) is 4.92. The zero-order chi connectivity index (χ0) is 14.0. The summed E-state index contributed by atoms with van der Waals surface area (Å²) in [7, 11) is -3.08. The van der Waals surface area contributed by atoms with Crippen molar-refractivity contribution >= 4 is 15.7 Å². The fourth-order valence-electron chi connectivity index (χ4n) is 2.33. The Morgan fingerprint density at radius 1 is 1.21 bits per heavy atom. The van der Waals surface area contributed by atoms with E-state index in [1.54, 1.807) is 0 Å². The lowest BCUT2D eigenvalue weighted by atomic mass is 10.1. The normalized spacial score (nSPS) is 17.7. The van der Waals surface area contributed by atoms with Gasteiger partial charge in [-0.3, -0.25) is 0 Å². The van der Waals surface area contributed by atoms with Crippen molar-refractivity contribution in [2.24, 2.45) is 0 Å². The van der Waals surface area contributed by atoms with Crippen LogP contribution in [0.15, 0.2) is 18.2 Å². The number of aliphatic hydroxyl groups excluding tert-OH is 1. The van der Waals surface area contributed by atoms with Crippen molar-refractivity contribution in [1.29, 1.82) is 0 Å². The molecule has 1 N–H and O–H groups in total. The van der Waals surface area contributed by atoms with Gasteiger partial charge in [-0.25, -0.2) is 8.42 Å². The number of rotatable bonds is 3. The predicted octanol–water partition coefficient (Wildman–Crippen LogP) is 0.569. The predicted molar refractivity (Wildman–Crippen MR) is 75.7 cm³/mol. The number of sulfonamides is 1. The van der Waals surface area contributed by atoms with Gasteiger partial charge in [-0.1, -0.05) is 6.07 Å². The Balaban J connectivity index is 2.08. The molecule has 2 rings (SSSR count). The third-order valence-electron chi connectivity index (χ3n) is 3.57. The van der Waals surface area contributed by atoms with Crippen LogP contribution in [-0.4, -0.2) is 50.3 Å². The van der Waals surface area contributed by atoms with E-state index in [-0.39, 0.29) is 6.61 Å². The minimum absolute atomic E-state index is 0.0496. The first-order valence-corrected chi connectivity index (χ1v) is 8.17. The molecule has 0 bridgehead atoms. The zero-order valence-electron chi connectivity index (χ0n) is 11.3. The summed E-state index contributed by atoms with van der Waals surface area (Å²) >= 11 is 0. The maximum atomic E-state index is 11.4. The lowest BCUT2D eigenvalue weighted by molar-refractivity contribution is 0.281. The summed E-state index contributed by atoms with van der Waals surface area (Å²) in [6.07, 6.45) is 1.25. The van der Waals surface area contributed by atoms with Crippen LogP contribution in [0.2, 0.25) is 0 Å². The van der Waals surface area contributed by atoms with E-state index >= 15 is 0 Å². The van der Waals surface area contributed by atoms with Gasteiger partial charge in [0.1, 0.15) is 0 Å². The van der Waals surface area contributed by atoms with E-state index in [4.69, 9.17) is 5.11 Å². The first-order valence-electron chi connectivity index (χ1n) is 6.32. The Hall–Kier alpha value is -1.11. The smallest absolute Gasteiger partial charge is 0.211 e. The van der Waals surface area contributed by atoms with E-state index in [2.05, 4.69) is 4.90 Å². The first-order chi connectivity index (χ1) is 8.91. The molecule has 0 radical (unpaired) electrons.